The largest absolute Gasteiger partial charge is 0.534 e. The molecule has 1 unspecified atom stereocenters. The molecule has 8 heavy (non-hydrogen) atoms. The molecule has 0 aromatic heterocycles. The smallest absolute Gasteiger partial charge is 0.185 e. The highest BCUT2D eigenvalue weighted by Crippen LogP contribution is 2.15. The molecule has 0 aliphatic carbocycles. The van der Waals surface area contributed by atoms with Crippen LogP contribution in [0.3, 0.4) is 0 Å². The second-order valence-electron chi connectivity index (χ2n) is 2.03. The molecule has 0 amide bonds. The molecule has 48 valence electrons. The van der Waals surface area contributed by atoms with Crippen LogP contribution >= 0.6 is 0 Å². The lowest BCUT2D eigenvalue weighted by atomic mass is 10.2. The monoisotopic (exact) mass is 118 g/mol. The minimum absolute atomic E-state index is 0.0197. The zero-order valence-electron chi connectivity index (χ0n) is 4.67. The predicted molar refractivity (Wildman–Crippen MR) is 26.1 cm³/mol. The van der Waals surface area contributed by atoms with Gasteiger partial charge in [-0.15, -0.1) is 0 Å². The van der Waals surface area contributed by atoms with Crippen LogP contribution in [0, 0.1) is 0 Å². The van der Waals surface area contributed by atoms with E-state index in [9.17, 15) is 5.26 Å². The molecule has 1 saturated heterocycles. The van der Waals surface area contributed by atoms with Crippen LogP contribution in [0.4, 0.5) is 0 Å². The van der Waals surface area contributed by atoms with Crippen LogP contribution < -0.4 is 5.26 Å². The molecule has 3 heteroatoms. The number of rotatable bonds is 1. The van der Waals surface area contributed by atoms with Crippen LogP contribution in [0.1, 0.15) is 12.8 Å². The summed E-state index contributed by atoms with van der Waals surface area (Å²) in [5.74, 6) is 0. The molecule has 0 aromatic rings. The Labute approximate surface area is 48.1 Å². The molecule has 0 saturated carbocycles. The van der Waals surface area contributed by atoms with Crippen LogP contribution in [0.2, 0.25) is 0 Å². The lowest BCUT2D eigenvalue weighted by Crippen LogP contribution is -2.33. The lowest BCUT2D eigenvalue weighted by Gasteiger charge is -2.19. The molecule has 1 N–H and O–H groups in total. The highest BCUT2D eigenvalue weighted by atomic mass is 17.2. The summed E-state index contributed by atoms with van der Waals surface area (Å²) < 4.78 is 1.67. The standard InChI is InChI=1S/C5H10O3/c6-4-5-2-1-3-8(5)7/h5-6H,1-4H2. The van der Waals surface area contributed by atoms with Gasteiger partial charge in [0.2, 0.25) is 0 Å². The summed E-state index contributed by atoms with van der Waals surface area (Å²) >= 11 is 0. The second-order valence-corrected chi connectivity index (χ2v) is 2.03. The summed E-state index contributed by atoms with van der Waals surface area (Å²) in [6, 6.07) is 0. The van der Waals surface area contributed by atoms with Crippen LogP contribution in [0.25, 0.3) is 0 Å². The van der Waals surface area contributed by atoms with Crippen LogP contribution in [-0.2, 0) is 4.52 Å². The Morgan fingerprint density at radius 1 is 1.75 bits per heavy atom. The Kier molecular flexibility index (Phi) is 1.83. The van der Waals surface area contributed by atoms with Gasteiger partial charge in [0.15, 0.2) is 12.7 Å². The van der Waals surface area contributed by atoms with Crippen molar-refractivity contribution in [1.29, 1.82) is 0 Å². The fourth-order valence-electron chi connectivity index (χ4n) is 0.926. The van der Waals surface area contributed by atoms with Crippen molar-refractivity contribution in [3.05, 3.63) is 0 Å². The van der Waals surface area contributed by atoms with E-state index in [1.807, 2.05) is 0 Å². The quantitative estimate of drug-likeness (QED) is 0.353. The van der Waals surface area contributed by atoms with E-state index in [4.69, 9.17) is 5.11 Å². The molecule has 1 heterocycles. The molecule has 0 bridgehead atoms. The van der Waals surface area contributed by atoms with Crippen molar-refractivity contribution in [1.82, 2.24) is 0 Å². The van der Waals surface area contributed by atoms with Gasteiger partial charge in [-0.2, -0.15) is 0 Å². The third-order valence-electron chi connectivity index (χ3n) is 1.45. The Bertz CT molecular complexity index is 74.1. The molecule has 1 aliphatic rings. The molecule has 0 radical (unpaired) electrons. The maximum absolute atomic E-state index is 10.5. The maximum atomic E-state index is 10.5. The van der Waals surface area contributed by atoms with E-state index in [1.54, 1.807) is 4.52 Å². The highest BCUT2D eigenvalue weighted by molar-refractivity contribution is 4.63. The third kappa shape index (κ3) is 0.992. The second kappa shape index (κ2) is 2.44. The molecule has 1 fully saturated rings. The van der Waals surface area contributed by atoms with E-state index in [1.165, 1.54) is 0 Å². The van der Waals surface area contributed by atoms with Crippen LogP contribution in [0.5, 0.6) is 0 Å². The Morgan fingerprint density at radius 3 is 2.75 bits per heavy atom. The summed E-state index contributed by atoms with van der Waals surface area (Å²) in [6.07, 6.45) is 1.54. The Morgan fingerprint density at radius 2 is 2.50 bits per heavy atom. The van der Waals surface area contributed by atoms with Crippen molar-refractivity contribution in [2.75, 3.05) is 13.2 Å². The van der Waals surface area contributed by atoms with E-state index in [-0.39, 0.29) is 12.7 Å². The van der Waals surface area contributed by atoms with Crippen molar-refractivity contribution >= 4 is 0 Å². The Hall–Kier alpha value is -0.120. The van der Waals surface area contributed by atoms with E-state index in [0.29, 0.717) is 6.61 Å². The van der Waals surface area contributed by atoms with E-state index >= 15 is 0 Å². The normalized spacial score (nSPS) is 31.5. The highest BCUT2D eigenvalue weighted by Gasteiger charge is 2.23. The summed E-state index contributed by atoms with van der Waals surface area (Å²) in [5.41, 5.74) is 0. The zero-order chi connectivity index (χ0) is 5.98. The van der Waals surface area contributed by atoms with Gasteiger partial charge in [-0.05, 0) is 0 Å². The number of hydrogen-bond acceptors (Lipinski definition) is 2. The average molecular weight is 118 g/mol. The van der Waals surface area contributed by atoms with Gasteiger partial charge in [-0.25, -0.2) is 0 Å². The minimum Gasteiger partial charge on any atom is -0.534 e. The zero-order valence-corrected chi connectivity index (χ0v) is 4.67. The SMILES string of the molecule is [O-][O+]1CCCC1CO. The van der Waals surface area contributed by atoms with Gasteiger partial charge in [-0.3, -0.25) is 0 Å². The number of aliphatic hydroxyl groups excluding tert-OH is 1. The van der Waals surface area contributed by atoms with Crippen LogP contribution in [-0.4, -0.2) is 24.4 Å². The third-order valence-corrected chi connectivity index (χ3v) is 1.45. The van der Waals surface area contributed by atoms with Gasteiger partial charge in [0, 0.05) is 12.8 Å². The molecule has 1 atom stereocenters. The summed E-state index contributed by atoms with van der Waals surface area (Å²) in [6.45, 7) is 0.499. The van der Waals surface area contributed by atoms with Gasteiger partial charge >= 0.3 is 0 Å². The van der Waals surface area contributed by atoms with Crippen LogP contribution in [0.15, 0.2) is 0 Å². The summed E-state index contributed by atoms with van der Waals surface area (Å²) in [4.78, 5) is 0. The molecule has 1 aliphatic heterocycles. The van der Waals surface area contributed by atoms with E-state index < -0.39 is 0 Å². The van der Waals surface area contributed by atoms with Gasteiger partial charge in [-0.1, -0.05) is 0 Å². The lowest BCUT2D eigenvalue weighted by molar-refractivity contribution is -0.801. The summed E-state index contributed by atoms with van der Waals surface area (Å²) in [5, 5.41) is 19.0. The van der Waals surface area contributed by atoms with Gasteiger partial charge < -0.3 is 14.9 Å². The van der Waals surface area contributed by atoms with E-state index in [2.05, 4.69) is 0 Å². The van der Waals surface area contributed by atoms with Crippen molar-refractivity contribution in [2.24, 2.45) is 0 Å². The first-order valence-corrected chi connectivity index (χ1v) is 2.82. The first-order valence-electron chi connectivity index (χ1n) is 2.82. The molecule has 1 rings (SSSR count). The number of hydrogen-bond donors (Lipinski definition) is 1. The number of aliphatic hydroxyl groups is 1. The van der Waals surface area contributed by atoms with E-state index in [0.717, 1.165) is 12.8 Å². The average Bonchev–Trinajstić information content (AvgIpc) is 2.14. The maximum Gasteiger partial charge on any atom is 0.185 e. The fraction of sp³-hybridized carbons (Fsp3) is 1.00. The topological polar surface area (TPSA) is 46.0 Å². The van der Waals surface area contributed by atoms with Gasteiger partial charge in [0.05, 0.1) is 0 Å². The van der Waals surface area contributed by atoms with Gasteiger partial charge in [0.1, 0.15) is 6.61 Å². The molecule has 3 nitrogen and oxygen atoms in total. The molecular formula is C5H10O3. The van der Waals surface area contributed by atoms with Crippen molar-refractivity contribution in [3.8, 4) is 0 Å². The predicted octanol–water partition coefficient (Wildman–Crippen LogP) is -1.03. The van der Waals surface area contributed by atoms with Crippen molar-refractivity contribution < 1.29 is 14.9 Å². The minimum atomic E-state index is -0.185. The summed E-state index contributed by atoms with van der Waals surface area (Å²) in [7, 11) is 0. The van der Waals surface area contributed by atoms with Gasteiger partial charge in [0.25, 0.3) is 0 Å². The first kappa shape index (κ1) is 6.01. The Balaban J connectivity index is 2.30. The first-order chi connectivity index (χ1) is 3.84. The molecule has 0 spiro atoms. The molecule has 0 aromatic carbocycles. The fourth-order valence-corrected chi connectivity index (χ4v) is 0.926. The van der Waals surface area contributed by atoms with Crippen molar-refractivity contribution in [3.63, 3.8) is 0 Å². The molecular weight excluding hydrogens is 108 g/mol. The van der Waals surface area contributed by atoms with Crippen molar-refractivity contribution in [2.45, 2.75) is 18.9 Å².